The summed E-state index contributed by atoms with van der Waals surface area (Å²) in [6, 6.07) is 5.43. The minimum Gasteiger partial charge on any atom is -0.489 e. The second-order valence-corrected chi connectivity index (χ2v) is 8.03. The molecule has 2 aliphatic rings. The molecule has 0 saturated carbocycles. The summed E-state index contributed by atoms with van der Waals surface area (Å²) in [6.07, 6.45) is 2.93. The molecule has 1 fully saturated rings. The zero-order valence-electron chi connectivity index (χ0n) is 17.5. The number of likely N-dealkylation sites (N-methyl/N-ethyl adjacent to an activating group) is 2. The largest absolute Gasteiger partial charge is 0.489 e. The Balaban J connectivity index is 1.61. The molecule has 2 aliphatic heterocycles. The Morgan fingerprint density at radius 3 is 2.57 bits per heavy atom. The lowest BCUT2D eigenvalue weighted by Gasteiger charge is -2.36. The highest BCUT2D eigenvalue weighted by Gasteiger charge is 2.29. The second kappa shape index (κ2) is 8.82. The predicted octanol–water partition coefficient (Wildman–Crippen LogP) is 1.53. The third kappa shape index (κ3) is 4.58. The van der Waals surface area contributed by atoms with Crippen LogP contribution in [0.4, 0.5) is 5.69 Å². The molecule has 28 heavy (non-hydrogen) atoms. The molecular weight excluding hydrogens is 356 g/mol. The number of benzene rings is 1. The maximum atomic E-state index is 12.7. The zero-order chi connectivity index (χ0) is 20.3. The van der Waals surface area contributed by atoms with Crippen LogP contribution in [0.5, 0.6) is 5.75 Å². The van der Waals surface area contributed by atoms with Gasteiger partial charge in [-0.15, -0.1) is 0 Å². The summed E-state index contributed by atoms with van der Waals surface area (Å²) in [5.74, 6) is 0.837. The number of fused-ring (bicyclic) bond motifs is 1. The fourth-order valence-corrected chi connectivity index (χ4v) is 3.78. The van der Waals surface area contributed by atoms with E-state index in [0.717, 1.165) is 37.6 Å². The molecule has 1 aromatic carbocycles. The van der Waals surface area contributed by atoms with Gasteiger partial charge in [-0.05, 0) is 44.1 Å². The molecule has 0 N–H and O–H groups in total. The molecule has 0 bridgehead atoms. The monoisotopic (exact) mass is 388 g/mol. The van der Waals surface area contributed by atoms with Crippen LogP contribution in [-0.4, -0.2) is 93.5 Å². The SMILES string of the molecule is CN(C)C(=O)c1ccc2c(c1)N(C)[C@H](CC(=O)N(C)CCN1CCCC1)CO2. The van der Waals surface area contributed by atoms with Crippen molar-refractivity contribution >= 4 is 17.5 Å². The molecule has 0 aromatic heterocycles. The van der Waals surface area contributed by atoms with Crippen molar-refractivity contribution in [2.24, 2.45) is 0 Å². The summed E-state index contributed by atoms with van der Waals surface area (Å²) in [4.78, 5) is 32.8. The predicted molar refractivity (Wildman–Crippen MR) is 110 cm³/mol. The first-order valence-corrected chi connectivity index (χ1v) is 10.0. The van der Waals surface area contributed by atoms with Crippen molar-refractivity contribution in [3.8, 4) is 5.75 Å². The van der Waals surface area contributed by atoms with Gasteiger partial charge in [0.2, 0.25) is 5.91 Å². The number of hydrogen-bond donors (Lipinski definition) is 0. The van der Waals surface area contributed by atoms with Crippen LogP contribution in [0.3, 0.4) is 0 Å². The van der Waals surface area contributed by atoms with Crippen LogP contribution in [0.2, 0.25) is 0 Å². The van der Waals surface area contributed by atoms with Crippen molar-refractivity contribution in [1.29, 1.82) is 0 Å². The van der Waals surface area contributed by atoms with E-state index in [9.17, 15) is 9.59 Å². The first-order valence-electron chi connectivity index (χ1n) is 10.0. The summed E-state index contributed by atoms with van der Waals surface area (Å²) in [5, 5.41) is 0. The van der Waals surface area contributed by atoms with Gasteiger partial charge in [0.25, 0.3) is 5.91 Å². The topological polar surface area (TPSA) is 56.3 Å². The number of likely N-dealkylation sites (tertiary alicyclic amines) is 1. The van der Waals surface area contributed by atoms with Crippen molar-refractivity contribution < 1.29 is 14.3 Å². The number of amides is 2. The minimum absolute atomic E-state index is 0.0426. The smallest absolute Gasteiger partial charge is 0.253 e. The van der Waals surface area contributed by atoms with Crippen molar-refractivity contribution in [2.75, 3.05) is 65.9 Å². The number of nitrogens with zero attached hydrogens (tertiary/aromatic N) is 4. The number of carbonyl (C=O) groups is 2. The van der Waals surface area contributed by atoms with Crippen molar-refractivity contribution in [2.45, 2.75) is 25.3 Å². The van der Waals surface area contributed by atoms with Crippen LogP contribution in [0.15, 0.2) is 18.2 Å². The lowest BCUT2D eigenvalue weighted by Crippen LogP contribution is -2.45. The minimum atomic E-state index is -0.0453. The van der Waals surface area contributed by atoms with Gasteiger partial charge in [-0.25, -0.2) is 0 Å². The van der Waals surface area contributed by atoms with Crippen molar-refractivity contribution in [3.05, 3.63) is 23.8 Å². The highest BCUT2D eigenvalue weighted by atomic mass is 16.5. The molecule has 7 nitrogen and oxygen atoms in total. The lowest BCUT2D eigenvalue weighted by atomic mass is 10.1. The van der Waals surface area contributed by atoms with E-state index < -0.39 is 0 Å². The normalized spacial score (nSPS) is 19.1. The van der Waals surface area contributed by atoms with Crippen LogP contribution >= 0.6 is 0 Å². The lowest BCUT2D eigenvalue weighted by molar-refractivity contribution is -0.130. The van der Waals surface area contributed by atoms with E-state index in [4.69, 9.17) is 4.74 Å². The zero-order valence-corrected chi connectivity index (χ0v) is 17.5. The highest BCUT2D eigenvalue weighted by molar-refractivity contribution is 5.95. The number of carbonyl (C=O) groups excluding carboxylic acids is 2. The van der Waals surface area contributed by atoms with E-state index in [2.05, 4.69) is 9.80 Å². The first-order chi connectivity index (χ1) is 13.4. The van der Waals surface area contributed by atoms with E-state index in [1.54, 1.807) is 25.1 Å². The quantitative estimate of drug-likeness (QED) is 0.740. The summed E-state index contributed by atoms with van der Waals surface area (Å²) >= 11 is 0. The van der Waals surface area contributed by atoms with Crippen LogP contribution in [0.25, 0.3) is 0 Å². The Labute approximate surface area is 167 Å². The van der Waals surface area contributed by atoms with Gasteiger partial charge in [-0.1, -0.05) is 0 Å². The fraction of sp³-hybridized carbons (Fsp3) is 0.619. The molecule has 154 valence electrons. The van der Waals surface area contributed by atoms with Crippen LogP contribution in [0.1, 0.15) is 29.6 Å². The fourth-order valence-electron chi connectivity index (χ4n) is 3.78. The summed E-state index contributed by atoms with van der Waals surface area (Å²) < 4.78 is 5.88. The van der Waals surface area contributed by atoms with Gasteiger partial charge in [0.05, 0.1) is 18.2 Å². The molecule has 2 heterocycles. The molecule has 0 spiro atoms. The van der Waals surface area contributed by atoms with Gasteiger partial charge in [0, 0.05) is 46.8 Å². The first kappa shape index (κ1) is 20.5. The molecule has 3 rings (SSSR count). The third-order valence-electron chi connectivity index (χ3n) is 5.76. The van der Waals surface area contributed by atoms with Gasteiger partial charge in [0.15, 0.2) is 0 Å². The van der Waals surface area contributed by atoms with Gasteiger partial charge in [-0.3, -0.25) is 9.59 Å². The second-order valence-electron chi connectivity index (χ2n) is 8.03. The number of anilines is 1. The Morgan fingerprint density at radius 2 is 1.89 bits per heavy atom. The van der Waals surface area contributed by atoms with Gasteiger partial charge in [-0.2, -0.15) is 0 Å². The van der Waals surface area contributed by atoms with Gasteiger partial charge in [0.1, 0.15) is 12.4 Å². The Morgan fingerprint density at radius 1 is 1.18 bits per heavy atom. The molecule has 1 saturated heterocycles. The number of ether oxygens (including phenoxy) is 1. The van der Waals surface area contributed by atoms with E-state index in [1.165, 1.54) is 12.8 Å². The van der Waals surface area contributed by atoms with Crippen LogP contribution in [0, 0.1) is 0 Å². The molecule has 0 radical (unpaired) electrons. The molecular formula is C21H32N4O3. The van der Waals surface area contributed by atoms with Crippen LogP contribution < -0.4 is 9.64 Å². The number of rotatable bonds is 6. The third-order valence-corrected chi connectivity index (χ3v) is 5.76. The van der Waals surface area contributed by atoms with Crippen molar-refractivity contribution in [3.63, 3.8) is 0 Å². The standard InChI is InChI=1S/C21H32N4O3/c1-22(2)21(27)16-7-8-19-18(13-16)24(4)17(15-28-19)14-20(26)23(3)11-12-25-9-5-6-10-25/h7-8,13,17H,5-6,9-12,14-15H2,1-4H3/t17-/m1/s1. The average Bonchev–Trinajstić information content (AvgIpc) is 3.21. The van der Waals surface area contributed by atoms with E-state index in [0.29, 0.717) is 18.6 Å². The Bertz CT molecular complexity index is 716. The maximum absolute atomic E-state index is 12.7. The summed E-state index contributed by atoms with van der Waals surface area (Å²) in [7, 11) is 7.32. The average molecular weight is 389 g/mol. The molecule has 0 aliphatic carbocycles. The molecule has 1 atom stereocenters. The van der Waals surface area contributed by atoms with Gasteiger partial charge < -0.3 is 24.3 Å². The summed E-state index contributed by atoms with van der Waals surface area (Å²) in [5.41, 5.74) is 1.48. The molecule has 1 aromatic rings. The van der Waals surface area contributed by atoms with E-state index in [1.807, 2.05) is 31.1 Å². The molecule has 7 heteroatoms. The Kier molecular flexibility index (Phi) is 6.44. The van der Waals surface area contributed by atoms with Crippen molar-refractivity contribution in [1.82, 2.24) is 14.7 Å². The van der Waals surface area contributed by atoms with Gasteiger partial charge >= 0.3 is 0 Å². The van der Waals surface area contributed by atoms with E-state index in [-0.39, 0.29) is 17.9 Å². The molecule has 2 amide bonds. The molecule has 0 unspecified atom stereocenters. The van der Waals surface area contributed by atoms with E-state index >= 15 is 0 Å². The van der Waals surface area contributed by atoms with Crippen LogP contribution in [-0.2, 0) is 4.79 Å². The number of hydrogen-bond acceptors (Lipinski definition) is 5. The highest BCUT2D eigenvalue weighted by Crippen LogP contribution is 2.34. The Hall–Kier alpha value is -2.28. The maximum Gasteiger partial charge on any atom is 0.253 e. The summed E-state index contributed by atoms with van der Waals surface area (Å²) in [6.45, 7) is 4.46.